The van der Waals surface area contributed by atoms with Gasteiger partial charge in [-0.25, -0.2) is 0 Å². The lowest BCUT2D eigenvalue weighted by Gasteiger charge is -2.15. The second kappa shape index (κ2) is 3.61. The third-order valence-electron chi connectivity index (χ3n) is 4.12. The largest absolute Gasteiger partial charge is 0.378 e. The van der Waals surface area contributed by atoms with Crippen LogP contribution in [0.15, 0.2) is 0 Å². The first-order valence-corrected chi connectivity index (χ1v) is 5.87. The van der Waals surface area contributed by atoms with Crippen LogP contribution in [-0.4, -0.2) is 12.7 Å². The van der Waals surface area contributed by atoms with Crippen molar-refractivity contribution in [2.75, 3.05) is 6.61 Å². The molecule has 76 valence electrons. The highest BCUT2D eigenvalue weighted by Gasteiger charge is 2.56. The zero-order valence-corrected chi connectivity index (χ0v) is 9.12. The Morgan fingerprint density at radius 2 is 2.15 bits per heavy atom. The van der Waals surface area contributed by atoms with Crippen molar-refractivity contribution in [1.29, 1.82) is 0 Å². The molecule has 0 aromatic rings. The predicted molar refractivity (Wildman–Crippen MR) is 54.6 cm³/mol. The number of hydrogen-bond acceptors (Lipinski definition) is 1. The van der Waals surface area contributed by atoms with Crippen LogP contribution >= 0.6 is 0 Å². The quantitative estimate of drug-likeness (QED) is 0.651. The molecule has 0 aromatic heterocycles. The highest BCUT2D eigenvalue weighted by Crippen LogP contribution is 2.59. The van der Waals surface area contributed by atoms with E-state index in [-0.39, 0.29) is 0 Å². The van der Waals surface area contributed by atoms with Crippen molar-refractivity contribution in [3.05, 3.63) is 0 Å². The van der Waals surface area contributed by atoms with Crippen molar-refractivity contribution in [3.8, 4) is 0 Å². The van der Waals surface area contributed by atoms with Gasteiger partial charge in [-0.2, -0.15) is 0 Å². The first-order valence-electron chi connectivity index (χ1n) is 5.87. The van der Waals surface area contributed by atoms with E-state index in [0.717, 1.165) is 30.3 Å². The SMILES string of the molecule is CCO[C@@H](C)[C@H]1[C@H]2CCC[C@@H](C)[C@@H]21. The van der Waals surface area contributed by atoms with E-state index in [0.29, 0.717) is 6.10 Å². The molecule has 2 aliphatic rings. The summed E-state index contributed by atoms with van der Waals surface area (Å²) in [5.41, 5.74) is 0. The maximum Gasteiger partial charge on any atom is 0.0580 e. The Kier molecular flexibility index (Phi) is 2.64. The lowest BCUT2D eigenvalue weighted by atomic mass is 9.91. The topological polar surface area (TPSA) is 9.23 Å². The molecular formula is C12H22O. The molecule has 13 heavy (non-hydrogen) atoms. The van der Waals surface area contributed by atoms with E-state index in [1.165, 1.54) is 19.3 Å². The highest BCUT2D eigenvalue weighted by atomic mass is 16.5. The number of fused-ring (bicyclic) bond motifs is 1. The van der Waals surface area contributed by atoms with Crippen molar-refractivity contribution in [2.45, 2.75) is 46.1 Å². The van der Waals surface area contributed by atoms with Gasteiger partial charge in [0.1, 0.15) is 0 Å². The molecule has 2 rings (SSSR count). The Balaban J connectivity index is 1.89. The molecule has 0 bridgehead atoms. The molecule has 0 N–H and O–H groups in total. The van der Waals surface area contributed by atoms with Gasteiger partial charge >= 0.3 is 0 Å². The predicted octanol–water partition coefficient (Wildman–Crippen LogP) is 3.09. The zero-order valence-electron chi connectivity index (χ0n) is 9.12. The number of hydrogen-bond donors (Lipinski definition) is 0. The van der Waals surface area contributed by atoms with E-state index in [4.69, 9.17) is 4.74 Å². The summed E-state index contributed by atoms with van der Waals surface area (Å²) in [6.45, 7) is 7.67. The first-order chi connectivity index (χ1) is 6.25. The fourth-order valence-corrected chi connectivity index (χ4v) is 3.52. The normalized spacial score (nSPS) is 45.5. The van der Waals surface area contributed by atoms with E-state index in [1.807, 2.05) is 0 Å². The molecule has 0 saturated heterocycles. The molecule has 1 nitrogen and oxygen atoms in total. The monoisotopic (exact) mass is 182 g/mol. The second-order valence-corrected chi connectivity index (χ2v) is 4.89. The lowest BCUT2D eigenvalue weighted by molar-refractivity contribution is 0.0528. The maximum atomic E-state index is 5.71. The Labute approximate surface area is 81.9 Å². The standard InChI is InChI=1S/C12H22O/c1-4-13-9(3)12-10-7-5-6-8(2)11(10)12/h8-12H,4-7H2,1-3H3/t8-,9+,10+,11+,12+/m1/s1. The van der Waals surface area contributed by atoms with E-state index in [2.05, 4.69) is 20.8 Å². The van der Waals surface area contributed by atoms with Crippen LogP contribution in [0.2, 0.25) is 0 Å². The molecule has 1 heteroatoms. The smallest absolute Gasteiger partial charge is 0.0580 e. The molecule has 2 fully saturated rings. The minimum atomic E-state index is 0.514. The molecule has 0 unspecified atom stereocenters. The molecule has 0 aliphatic heterocycles. The Bertz CT molecular complexity index is 178. The number of rotatable bonds is 3. The average molecular weight is 182 g/mol. The van der Waals surface area contributed by atoms with Gasteiger partial charge < -0.3 is 4.74 Å². The zero-order chi connectivity index (χ0) is 9.42. The minimum absolute atomic E-state index is 0.514. The summed E-state index contributed by atoms with van der Waals surface area (Å²) in [6.07, 6.45) is 4.89. The van der Waals surface area contributed by atoms with Crippen LogP contribution in [0.1, 0.15) is 40.0 Å². The van der Waals surface area contributed by atoms with Gasteiger partial charge in [0.25, 0.3) is 0 Å². The first kappa shape index (κ1) is 9.51. The van der Waals surface area contributed by atoms with Gasteiger partial charge in [0.15, 0.2) is 0 Å². The van der Waals surface area contributed by atoms with Crippen LogP contribution < -0.4 is 0 Å². The molecule has 0 aromatic carbocycles. The van der Waals surface area contributed by atoms with Crippen LogP contribution in [0.5, 0.6) is 0 Å². The van der Waals surface area contributed by atoms with Gasteiger partial charge in [0.05, 0.1) is 6.10 Å². The van der Waals surface area contributed by atoms with E-state index in [9.17, 15) is 0 Å². The summed E-state index contributed by atoms with van der Waals surface area (Å²) >= 11 is 0. The third kappa shape index (κ3) is 1.63. The lowest BCUT2D eigenvalue weighted by Crippen LogP contribution is -2.13. The van der Waals surface area contributed by atoms with Crippen LogP contribution in [0.4, 0.5) is 0 Å². The van der Waals surface area contributed by atoms with Gasteiger partial charge in [0, 0.05) is 6.61 Å². The van der Waals surface area contributed by atoms with Crippen LogP contribution in [0, 0.1) is 23.7 Å². The minimum Gasteiger partial charge on any atom is -0.378 e. The van der Waals surface area contributed by atoms with Crippen molar-refractivity contribution < 1.29 is 4.74 Å². The fraction of sp³-hybridized carbons (Fsp3) is 1.00. The fourth-order valence-electron chi connectivity index (χ4n) is 3.52. The summed E-state index contributed by atoms with van der Waals surface area (Å²) < 4.78 is 5.71. The molecule has 5 atom stereocenters. The molecule has 0 amide bonds. The van der Waals surface area contributed by atoms with E-state index in [1.54, 1.807) is 0 Å². The van der Waals surface area contributed by atoms with Crippen molar-refractivity contribution in [3.63, 3.8) is 0 Å². The summed E-state index contributed by atoms with van der Waals surface area (Å²) in [5, 5.41) is 0. The van der Waals surface area contributed by atoms with Crippen LogP contribution in [0.3, 0.4) is 0 Å². The van der Waals surface area contributed by atoms with Gasteiger partial charge in [0.2, 0.25) is 0 Å². The van der Waals surface area contributed by atoms with Crippen molar-refractivity contribution in [2.24, 2.45) is 23.7 Å². The van der Waals surface area contributed by atoms with Crippen LogP contribution in [-0.2, 0) is 4.74 Å². The van der Waals surface area contributed by atoms with E-state index >= 15 is 0 Å². The number of ether oxygens (including phenoxy) is 1. The molecule has 0 spiro atoms. The Hall–Kier alpha value is -0.0400. The third-order valence-corrected chi connectivity index (χ3v) is 4.12. The van der Waals surface area contributed by atoms with E-state index < -0.39 is 0 Å². The highest BCUT2D eigenvalue weighted by molar-refractivity contribution is 5.04. The summed E-state index contributed by atoms with van der Waals surface area (Å²) in [4.78, 5) is 0. The Morgan fingerprint density at radius 1 is 1.38 bits per heavy atom. The molecule has 2 saturated carbocycles. The summed E-state index contributed by atoms with van der Waals surface area (Å²) in [5.74, 6) is 3.89. The van der Waals surface area contributed by atoms with Crippen LogP contribution in [0.25, 0.3) is 0 Å². The Morgan fingerprint density at radius 3 is 2.77 bits per heavy atom. The van der Waals surface area contributed by atoms with Crippen molar-refractivity contribution in [1.82, 2.24) is 0 Å². The average Bonchev–Trinajstić information content (AvgIpc) is 2.80. The summed E-state index contributed by atoms with van der Waals surface area (Å²) in [6, 6.07) is 0. The van der Waals surface area contributed by atoms with Gasteiger partial charge in [-0.1, -0.05) is 19.8 Å². The molecule has 0 heterocycles. The van der Waals surface area contributed by atoms with Crippen molar-refractivity contribution >= 4 is 0 Å². The molecule has 0 radical (unpaired) electrons. The second-order valence-electron chi connectivity index (χ2n) is 4.89. The van der Waals surface area contributed by atoms with Gasteiger partial charge in [-0.3, -0.25) is 0 Å². The van der Waals surface area contributed by atoms with Gasteiger partial charge in [-0.05, 0) is 43.9 Å². The van der Waals surface area contributed by atoms with Gasteiger partial charge in [-0.15, -0.1) is 0 Å². The summed E-state index contributed by atoms with van der Waals surface area (Å²) in [7, 11) is 0. The molecule has 2 aliphatic carbocycles. The maximum absolute atomic E-state index is 5.71. The molecular weight excluding hydrogens is 160 g/mol.